The fraction of sp³-hybridized carbons (Fsp3) is 0.400. The number of nitrogens with one attached hydrogen (secondary N) is 2. The van der Waals surface area contributed by atoms with E-state index >= 15 is 0 Å². The lowest BCUT2D eigenvalue weighted by molar-refractivity contribution is -0.142. The molecule has 2 aliphatic heterocycles. The second-order valence-electron chi connectivity index (χ2n) is 14.1. The van der Waals surface area contributed by atoms with Gasteiger partial charge in [-0.25, -0.2) is 4.98 Å². The largest absolute Gasteiger partial charge is 0.481 e. The number of aromatic nitrogens is 2. The highest BCUT2D eigenvalue weighted by Gasteiger charge is 2.36. The number of likely N-dealkylation sites (tertiary alicyclic amines) is 1. The number of carboxylic acid groups (broad SMARTS) is 1. The summed E-state index contributed by atoms with van der Waals surface area (Å²) in [6.45, 7) is 4.32. The number of hydrogen-bond acceptors (Lipinski definition) is 9. The number of hydrogen-bond donors (Lipinski definition) is 3. The van der Waals surface area contributed by atoms with Crippen LogP contribution in [-0.4, -0.2) is 71.2 Å². The fourth-order valence-corrected chi connectivity index (χ4v) is 8.40. The standard InChI is InChI=1S/C40H43Cl2N5O6/c1-22-16-33(40(49)50)47(20-22)21-24-17-31(41)39(46-38(24)52-3)53-34-14-12-27-26(6-4-7-28(27)34)29-8-5-9-30(36(29)42)32-13-10-23(37(45-32)51-2)18-43-19-25-11-15-35(48)44-25/h4-10,13,17,22,25,33-34,43H,11-12,14-16,18-21H2,1-3H3,(H,44,48)(H,49,50)/t22-,25+,33+,34?/m1/s1. The molecule has 7 rings (SSSR count). The summed E-state index contributed by atoms with van der Waals surface area (Å²) in [5.41, 5.74) is 7.21. The number of fused-ring (bicyclic) bond motifs is 1. The van der Waals surface area contributed by atoms with Crippen molar-refractivity contribution in [3.8, 4) is 40.0 Å². The van der Waals surface area contributed by atoms with Crippen LogP contribution in [-0.2, 0) is 29.1 Å². The van der Waals surface area contributed by atoms with Crippen molar-refractivity contribution in [2.24, 2.45) is 5.92 Å². The fourth-order valence-electron chi connectivity index (χ4n) is 7.86. The first kappa shape index (κ1) is 36.9. The van der Waals surface area contributed by atoms with Crippen LogP contribution in [0.25, 0.3) is 22.4 Å². The van der Waals surface area contributed by atoms with Gasteiger partial charge in [-0.3, -0.25) is 14.5 Å². The second-order valence-corrected chi connectivity index (χ2v) is 14.8. The minimum absolute atomic E-state index is 0.0980. The lowest BCUT2D eigenvalue weighted by Gasteiger charge is -2.23. The summed E-state index contributed by atoms with van der Waals surface area (Å²) in [5.74, 6) is 0.683. The van der Waals surface area contributed by atoms with E-state index in [0.29, 0.717) is 72.1 Å². The first-order chi connectivity index (χ1) is 25.6. The van der Waals surface area contributed by atoms with Crippen molar-refractivity contribution in [1.29, 1.82) is 0 Å². The van der Waals surface area contributed by atoms with Crippen LogP contribution in [0.4, 0.5) is 0 Å². The molecule has 3 N–H and O–H groups in total. The average molecular weight is 761 g/mol. The zero-order valence-corrected chi connectivity index (χ0v) is 31.5. The van der Waals surface area contributed by atoms with Crippen molar-refractivity contribution < 1.29 is 28.9 Å². The summed E-state index contributed by atoms with van der Waals surface area (Å²) in [6.07, 6.45) is 3.20. The molecule has 13 heteroatoms. The summed E-state index contributed by atoms with van der Waals surface area (Å²) in [5, 5.41) is 17.1. The summed E-state index contributed by atoms with van der Waals surface area (Å²) in [6, 6.07) is 17.4. The molecule has 0 bridgehead atoms. The highest BCUT2D eigenvalue weighted by molar-refractivity contribution is 6.36. The van der Waals surface area contributed by atoms with E-state index in [1.54, 1.807) is 13.2 Å². The normalized spacial score (nSPS) is 21.0. The minimum Gasteiger partial charge on any atom is -0.481 e. The van der Waals surface area contributed by atoms with Crippen molar-refractivity contribution in [3.05, 3.63) is 86.9 Å². The Labute approximate surface area is 319 Å². The number of amides is 1. The number of nitrogens with zero attached hydrogens (tertiary/aromatic N) is 3. The van der Waals surface area contributed by atoms with E-state index in [4.69, 9.17) is 42.4 Å². The van der Waals surface area contributed by atoms with Crippen molar-refractivity contribution in [3.63, 3.8) is 0 Å². The van der Waals surface area contributed by atoms with Crippen LogP contribution >= 0.6 is 23.2 Å². The van der Waals surface area contributed by atoms with Crippen molar-refractivity contribution in [1.82, 2.24) is 25.5 Å². The minimum atomic E-state index is -0.830. The van der Waals surface area contributed by atoms with Gasteiger partial charge in [0, 0.05) is 60.9 Å². The Bertz CT molecular complexity index is 2030. The molecule has 4 heterocycles. The summed E-state index contributed by atoms with van der Waals surface area (Å²) < 4.78 is 17.8. The SMILES string of the molecule is COc1nc(-c2cccc(-c3cccc4c3CCC4Oc3nc(OC)c(CN4C[C@H](C)C[C@H]4C(=O)O)cc3Cl)c2Cl)ccc1CNC[C@@H]1CCC(=O)N1. The maximum absolute atomic E-state index is 11.9. The van der Waals surface area contributed by atoms with Gasteiger partial charge >= 0.3 is 5.97 Å². The maximum atomic E-state index is 11.9. The van der Waals surface area contributed by atoms with Gasteiger partial charge < -0.3 is 30.0 Å². The molecule has 1 unspecified atom stereocenters. The Balaban J connectivity index is 1.09. The molecule has 4 aromatic rings. The van der Waals surface area contributed by atoms with Crippen LogP contribution in [0.5, 0.6) is 17.6 Å². The van der Waals surface area contributed by atoms with Crippen LogP contribution in [0.3, 0.4) is 0 Å². The molecule has 1 aliphatic carbocycles. The predicted molar refractivity (Wildman–Crippen MR) is 203 cm³/mol. The number of methoxy groups -OCH3 is 2. The number of halogens is 2. The van der Waals surface area contributed by atoms with Crippen molar-refractivity contribution in [2.45, 2.75) is 70.3 Å². The lowest BCUT2D eigenvalue weighted by Crippen LogP contribution is -2.35. The molecule has 53 heavy (non-hydrogen) atoms. The number of pyridine rings is 2. The molecule has 0 saturated carbocycles. The number of benzene rings is 2. The summed E-state index contributed by atoms with van der Waals surface area (Å²) >= 11 is 13.9. The Morgan fingerprint density at radius 1 is 0.962 bits per heavy atom. The monoisotopic (exact) mass is 759 g/mol. The Morgan fingerprint density at radius 2 is 1.72 bits per heavy atom. The molecule has 11 nitrogen and oxygen atoms in total. The van der Waals surface area contributed by atoms with Gasteiger partial charge in [-0.15, -0.1) is 0 Å². The maximum Gasteiger partial charge on any atom is 0.320 e. The van der Waals surface area contributed by atoms with Crippen LogP contribution in [0.2, 0.25) is 10.0 Å². The third-order valence-electron chi connectivity index (χ3n) is 10.4. The Hall–Kier alpha value is -4.42. The smallest absolute Gasteiger partial charge is 0.320 e. The number of carbonyl (C=O) groups excluding carboxylic acids is 1. The summed E-state index contributed by atoms with van der Waals surface area (Å²) in [7, 11) is 3.15. The van der Waals surface area contributed by atoms with E-state index in [1.165, 1.54) is 7.11 Å². The highest BCUT2D eigenvalue weighted by Crippen LogP contribution is 2.45. The van der Waals surface area contributed by atoms with Gasteiger partial charge in [-0.1, -0.05) is 72.6 Å². The quantitative estimate of drug-likeness (QED) is 0.133. The number of rotatable bonds is 13. The Kier molecular flexibility index (Phi) is 11.1. The van der Waals surface area contributed by atoms with Crippen LogP contribution in [0.15, 0.2) is 54.6 Å². The van der Waals surface area contributed by atoms with E-state index in [2.05, 4.69) is 34.7 Å². The molecule has 0 radical (unpaired) electrons. The van der Waals surface area contributed by atoms with Gasteiger partial charge in [0.15, 0.2) is 0 Å². The molecule has 1 amide bonds. The summed E-state index contributed by atoms with van der Waals surface area (Å²) in [4.78, 5) is 34.8. The molecule has 3 aliphatic rings. The van der Waals surface area contributed by atoms with Crippen molar-refractivity contribution in [2.75, 3.05) is 27.3 Å². The zero-order chi connectivity index (χ0) is 37.2. The molecule has 2 aromatic heterocycles. The molecule has 2 aromatic carbocycles. The number of aliphatic carboxylic acids is 1. The van der Waals surface area contributed by atoms with Crippen LogP contribution in [0, 0.1) is 5.92 Å². The van der Waals surface area contributed by atoms with Crippen LogP contribution < -0.4 is 24.8 Å². The number of carboxylic acids is 1. The molecule has 2 saturated heterocycles. The van der Waals surface area contributed by atoms with Gasteiger partial charge in [0.1, 0.15) is 17.2 Å². The van der Waals surface area contributed by atoms with E-state index in [0.717, 1.165) is 52.6 Å². The number of carbonyl (C=O) groups is 2. The average Bonchev–Trinajstić information content (AvgIpc) is 3.87. The van der Waals surface area contributed by atoms with Crippen LogP contribution in [0.1, 0.15) is 61.0 Å². The number of ether oxygens (including phenoxy) is 3. The van der Waals surface area contributed by atoms with E-state index in [1.807, 2.05) is 41.3 Å². The first-order valence-corrected chi connectivity index (χ1v) is 18.7. The molecule has 2 fully saturated rings. The third kappa shape index (κ3) is 7.80. The highest BCUT2D eigenvalue weighted by atomic mass is 35.5. The third-order valence-corrected chi connectivity index (χ3v) is 11.1. The van der Waals surface area contributed by atoms with Gasteiger partial charge in [0.05, 0.1) is 24.9 Å². The van der Waals surface area contributed by atoms with Gasteiger partial charge in [-0.2, -0.15) is 4.98 Å². The molecule has 278 valence electrons. The Morgan fingerprint density at radius 3 is 2.47 bits per heavy atom. The van der Waals surface area contributed by atoms with E-state index < -0.39 is 12.0 Å². The molecule has 4 atom stereocenters. The van der Waals surface area contributed by atoms with E-state index in [9.17, 15) is 14.7 Å². The topological polar surface area (TPSA) is 135 Å². The predicted octanol–water partition coefficient (Wildman–Crippen LogP) is 6.86. The lowest BCUT2D eigenvalue weighted by atomic mass is 9.94. The first-order valence-electron chi connectivity index (χ1n) is 17.9. The van der Waals surface area contributed by atoms with E-state index in [-0.39, 0.29) is 29.9 Å². The van der Waals surface area contributed by atoms with Crippen molar-refractivity contribution >= 4 is 35.1 Å². The van der Waals surface area contributed by atoms with Gasteiger partial charge in [-0.05, 0) is 60.4 Å². The molecular formula is C40H43Cl2N5O6. The van der Waals surface area contributed by atoms with Gasteiger partial charge in [0.2, 0.25) is 23.5 Å². The molecular weight excluding hydrogens is 717 g/mol. The zero-order valence-electron chi connectivity index (χ0n) is 30.0. The second kappa shape index (κ2) is 15.9. The molecule has 0 spiro atoms. The van der Waals surface area contributed by atoms with Gasteiger partial charge in [0.25, 0.3) is 0 Å².